The first-order chi connectivity index (χ1) is 32.2. The van der Waals surface area contributed by atoms with E-state index in [-0.39, 0.29) is 0 Å². The molecule has 0 aliphatic heterocycles. The fraction of sp³-hybridized carbons (Fsp3) is 0. The SMILES string of the molecule is N#Cc1cc(-c2nc(-c3ccccc3)nc(-c3cccc(-c4ccccc4)c3)n2)ccc1-n1c2ccccc2c2ccc3oc4cc5c6ccccc6n(-c6ccccc6)c5cc4c3c21. The fourth-order valence-corrected chi connectivity index (χ4v) is 9.66. The predicted octanol–water partition coefficient (Wildman–Crippen LogP) is 14.5. The Bertz CT molecular complexity index is 4070. The van der Waals surface area contributed by atoms with Gasteiger partial charge in [0.15, 0.2) is 17.5 Å². The van der Waals surface area contributed by atoms with E-state index < -0.39 is 0 Å². The van der Waals surface area contributed by atoms with Gasteiger partial charge in [0.1, 0.15) is 17.2 Å². The highest BCUT2D eigenvalue weighted by atomic mass is 16.3. The number of fused-ring (bicyclic) bond motifs is 10. The third-order valence-corrected chi connectivity index (χ3v) is 12.6. The zero-order valence-corrected chi connectivity index (χ0v) is 34.7. The van der Waals surface area contributed by atoms with Crippen LogP contribution in [0.15, 0.2) is 211 Å². The maximum absolute atomic E-state index is 11.1. The number of para-hydroxylation sites is 3. The van der Waals surface area contributed by atoms with Gasteiger partial charge in [0.05, 0.1) is 38.7 Å². The molecular weight excluding hydrogens is 797 g/mol. The summed E-state index contributed by atoms with van der Waals surface area (Å²) in [7, 11) is 0. The molecule has 9 aromatic carbocycles. The van der Waals surface area contributed by atoms with Gasteiger partial charge < -0.3 is 13.6 Å². The van der Waals surface area contributed by atoms with Gasteiger partial charge in [0, 0.05) is 49.3 Å². The summed E-state index contributed by atoms with van der Waals surface area (Å²) in [6.07, 6.45) is 0. The number of benzene rings is 9. The molecule has 65 heavy (non-hydrogen) atoms. The van der Waals surface area contributed by atoms with E-state index >= 15 is 0 Å². The van der Waals surface area contributed by atoms with E-state index in [0.717, 1.165) is 99.2 Å². The summed E-state index contributed by atoms with van der Waals surface area (Å²) in [6.45, 7) is 0. The third kappa shape index (κ3) is 5.78. The second kappa shape index (κ2) is 14.5. The first kappa shape index (κ1) is 36.5. The van der Waals surface area contributed by atoms with Gasteiger partial charge in [-0.3, -0.25) is 0 Å². The molecule has 0 amide bonds. The molecule has 0 saturated heterocycles. The molecule has 0 radical (unpaired) electrons. The van der Waals surface area contributed by atoms with Crippen molar-refractivity contribution in [2.24, 2.45) is 0 Å². The monoisotopic (exact) mass is 830 g/mol. The van der Waals surface area contributed by atoms with E-state index in [9.17, 15) is 5.26 Å². The number of nitrogens with zero attached hydrogens (tertiary/aromatic N) is 6. The average Bonchev–Trinajstić information content (AvgIpc) is 4.03. The zero-order valence-electron chi connectivity index (χ0n) is 34.7. The molecule has 0 atom stereocenters. The summed E-state index contributed by atoms with van der Waals surface area (Å²) in [5, 5.41) is 17.5. The van der Waals surface area contributed by atoms with Crippen LogP contribution >= 0.6 is 0 Å². The third-order valence-electron chi connectivity index (χ3n) is 12.6. The van der Waals surface area contributed by atoms with Crippen molar-refractivity contribution in [3.63, 3.8) is 0 Å². The quantitative estimate of drug-likeness (QED) is 0.167. The predicted molar refractivity (Wildman–Crippen MR) is 262 cm³/mol. The van der Waals surface area contributed by atoms with Crippen LogP contribution in [0.2, 0.25) is 0 Å². The Hall–Kier alpha value is -9.12. The summed E-state index contributed by atoms with van der Waals surface area (Å²) in [5.74, 6) is 1.58. The summed E-state index contributed by atoms with van der Waals surface area (Å²) in [6, 6.07) is 73.1. The zero-order chi connectivity index (χ0) is 43.0. The van der Waals surface area contributed by atoms with Crippen molar-refractivity contribution in [3.8, 4) is 62.7 Å². The van der Waals surface area contributed by atoms with E-state index in [0.29, 0.717) is 28.6 Å². The van der Waals surface area contributed by atoms with E-state index in [1.165, 1.54) is 0 Å². The fourth-order valence-electron chi connectivity index (χ4n) is 9.66. The molecule has 13 rings (SSSR count). The highest BCUT2D eigenvalue weighted by Crippen LogP contribution is 2.44. The van der Waals surface area contributed by atoms with E-state index in [1.54, 1.807) is 0 Å². The molecule has 302 valence electrons. The van der Waals surface area contributed by atoms with Crippen molar-refractivity contribution in [2.75, 3.05) is 0 Å². The van der Waals surface area contributed by atoms with Crippen molar-refractivity contribution < 1.29 is 4.42 Å². The maximum atomic E-state index is 11.1. The molecule has 4 aromatic heterocycles. The number of hydrogen-bond donors (Lipinski definition) is 0. The van der Waals surface area contributed by atoms with Crippen molar-refractivity contribution in [1.29, 1.82) is 5.26 Å². The summed E-state index contributed by atoms with van der Waals surface area (Å²) < 4.78 is 11.3. The normalized spacial score (nSPS) is 11.7. The lowest BCUT2D eigenvalue weighted by molar-refractivity contribution is 0.669. The summed E-state index contributed by atoms with van der Waals surface area (Å²) >= 11 is 0. The van der Waals surface area contributed by atoms with Crippen molar-refractivity contribution in [3.05, 3.63) is 212 Å². The Morgan fingerprint density at radius 1 is 0.385 bits per heavy atom. The molecule has 4 heterocycles. The van der Waals surface area contributed by atoms with Gasteiger partial charge in [0.2, 0.25) is 0 Å². The highest BCUT2D eigenvalue weighted by Gasteiger charge is 2.23. The molecule has 7 nitrogen and oxygen atoms in total. The van der Waals surface area contributed by atoms with Crippen molar-refractivity contribution in [1.82, 2.24) is 24.1 Å². The topological polar surface area (TPSA) is 85.5 Å². The van der Waals surface area contributed by atoms with Crippen molar-refractivity contribution >= 4 is 65.6 Å². The molecule has 0 saturated carbocycles. The number of aromatic nitrogens is 5. The molecule has 7 heteroatoms. The van der Waals surface area contributed by atoms with Gasteiger partial charge in [-0.25, -0.2) is 15.0 Å². The van der Waals surface area contributed by atoms with E-state index in [2.05, 4.69) is 137 Å². The van der Waals surface area contributed by atoms with Gasteiger partial charge in [-0.1, -0.05) is 133 Å². The van der Waals surface area contributed by atoms with Gasteiger partial charge in [0.25, 0.3) is 0 Å². The van der Waals surface area contributed by atoms with Crippen molar-refractivity contribution in [2.45, 2.75) is 0 Å². The lowest BCUT2D eigenvalue weighted by atomic mass is 10.0. The smallest absolute Gasteiger partial charge is 0.164 e. The molecule has 0 aliphatic carbocycles. The lowest BCUT2D eigenvalue weighted by Gasteiger charge is -2.13. The highest BCUT2D eigenvalue weighted by molar-refractivity contribution is 6.26. The molecule has 0 spiro atoms. The lowest BCUT2D eigenvalue weighted by Crippen LogP contribution is -2.02. The molecule has 0 bridgehead atoms. The van der Waals surface area contributed by atoms with Crippen LogP contribution < -0.4 is 0 Å². The molecule has 0 N–H and O–H groups in total. The minimum atomic E-state index is 0.477. The molecule has 0 fully saturated rings. The van der Waals surface area contributed by atoms with Crippen LogP contribution in [0.3, 0.4) is 0 Å². The molecule has 0 aliphatic rings. The molecule has 0 unspecified atom stereocenters. The Kier molecular flexibility index (Phi) is 8.14. The van der Waals surface area contributed by atoms with Crippen LogP contribution in [-0.2, 0) is 0 Å². The number of rotatable bonds is 6. The minimum absolute atomic E-state index is 0.477. The van der Waals surface area contributed by atoms with Gasteiger partial charge in [-0.05, 0) is 83.9 Å². The number of furan rings is 1. The largest absolute Gasteiger partial charge is 0.456 e. The Labute approximate surface area is 372 Å². The van der Waals surface area contributed by atoms with Gasteiger partial charge in [-0.2, -0.15) is 5.26 Å². The first-order valence-electron chi connectivity index (χ1n) is 21.6. The number of hydrogen-bond acceptors (Lipinski definition) is 5. The van der Waals surface area contributed by atoms with Crippen LogP contribution in [0.1, 0.15) is 5.56 Å². The van der Waals surface area contributed by atoms with Gasteiger partial charge >= 0.3 is 0 Å². The van der Waals surface area contributed by atoms with E-state index in [4.69, 9.17) is 19.4 Å². The second-order valence-electron chi connectivity index (χ2n) is 16.3. The standard InChI is InChI=1S/C58H34N6O/c59-35-41-32-40(58-61-56(37-17-6-2-7-18-37)60-57(62-58)39-20-14-19-38(31-39)36-15-4-1-5-16-36)27-29-48(41)64-50-26-13-10-23-43(50)45-28-30-52-54(55(45)64)47-33-51-46(34-53(47)65-52)44-24-11-12-25-49(44)63(51)42-21-8-3-9-22-42/h1-34H. The second-order valence-corrected chi connectivity index (χ2v) is 16.3. The average molecular weight is 831 g/mol. The maximum Gasteiger partial charge on any atom is 0.164 e. The first-order valence-corrected chi connectivity index (χ1v) is 21.6. The minimum Gasteiger partial charge on any atom is -0.456 e. The Balaban J connectivity index is 1.03. The molecular formula is C58H34N6O. The summed E-state index contributed by atoms with van der Waals surface area (Å²) in [4.78, 5) is 15.1. The van der Waals surface area contributed by atoms with Gasteiger partial charge in [-0.15, -0.1) is 0 Å². The van der Waals surface area contributed by atoms with Crippen LogP contribution in [0.25, 0.3) is 122 Å². The Morgan fingerprint density at radius 3 is 1.69 bits per heavy atom. The summed E-state index contributed by atoms with van der Waals surface area (Å²) in [5.41, 5.74) is 12.7. The Morgan fingerprint density at radius 2 is 0.969 bits per heavy atom. The van der Waals surface area contributed by atoms with Crippen LogP contribution in [0.5, 0.6) is 0 Å². The van der Waals surface area contributed by atoms with Crippen LogP contribution in [0.4, 0.5) is 0 Å². The van der Waals surface area contributed by atoms with E-state index in [1.807, 2.05) is 84.9 Å². The van der Waals surface area contributed by atoms with Crippen LogP contribution in [0, 0.1) is 11.3 Å². The molecule has 13 aromatic rings. The van der Waals surface area contributed by atoms with Crippen LogP contribution in [-0.4, -0.2) is 24.1 Å². The number of nitriles is 1.